The van der Waals surface area contributed by atoms with Crippen molar-refractivity contribution in [3.8, 4) is 5.75 Å². The summed E-state index contributed by atoms with van der Waals surface area (Å²) in [6.07, 6.45) is 1.69. The first kappa shape index (κ1) is 13.3. The Morgan fingerprint density at radius 2 is 2.00 bits per heavy atom. The van der Waals surface area contributed by atoms with Crippen LogP contribution in [-0.4, -0.2) is 23.3 Å². The van der Waals surface area contributed by atoms with Gasteiger partial charge in [0.1, 0.15) is 16.7 Å². The standard InChI is InChI=1S/C13H13ClN4O/c1-9-16-12(14)7-13(17-9)18-15-8-10-3-5-11(19-2)6-4-10/h3-8H,1-2H3,(H,16,17,18)/b15-8-. The number of nitrogens with zero attached hydrogens (tertiary/aromatic N) is 3. The van der Waals surface area contributed by atoms with Crippen molar-refractivity contribution in [2.45, 2.75) is 6.92 Å². The molecular weight excluding hydrogens is 264 g/mol. The predicted octanol–water partition coefficient (Wildman–Crippen LogP) is 2.89. The lowest BCUT2D eigenvalue weighted by Crippen LogP contribution is -1.97. The molecule has 0 bridgehead atoms. The zero-order valence-corrected chi connectivity index (χ0v) is 11.3. The summed E-state index contributed by atoms with van der Waals surface area (Å²) in [5.74, 6) is 1.96. The summed E-state index contributed by atoms with van der Waals surface area (Å²) >= 11 is 5.82. The fourth-order valence-corrected chi connectivity index (χ4v) is 1.68. The van der Waals surface area contributed by atoms with Crippen LogP contribution in [0.3, 0.4) is 0 Å². The Kier molecular flexibility index (Phi) is 4.30. The molecule has 0 radical (unpaired) electrons. The van der Waals surface area contributed by atoms with Gasteiger partial charge in [0.15, 0.2) is 5.82 Å². The van der Waals surface area contributed by atoms with Gasteiger partial charge in [-0.05, 0) is 36.8 Å². The number of aryl methyl sites for hydroxylation is 1. The molecule has 0 saturated carbocycles. The number of rotatable bonds is 4. The minimum Gasteiger partial charge on any atom is -0.497 e. The average Bonchev–Trinajstić information content (AvgIpc) is 2.38. The van der Waals surface area contributed by atoms with Crippen molar-refractivity contribution < 1.29 is 4.74 Å². The minimum atomic E-state index is 0.384. The number of halogens is 1. The van der Waals surface area contributed by atoms with Gasteiger partial charge in [-0.15, -0.1) is 0 Å². The largest absolute Gasteiger partial charge is 0.497 e. The maximum Gasteiger partial charge on any atom is 0.151 e. The zero-order chi connectivity index (χ0) is 13.7. The van der Waals surface area contributed by atoms with E-state index in [1.54, 1.807) is 26.3 Å². The summed E-state index contributed by atoms with van der Waals surface area (Å²) in [5, 5.41) is 4.47. The number of hydrogen-bond donors (Lipinski definition) is 1. The first-order chi connectivity index (χ1) is 9.17. The van der Waals surface area contributed by atoms with Gasteiger partial charge in [0, 0.05) is 6.07 Å². The van der Waals surface area contributed by atoms with Crippen molar-refractivity contribution in [1.82, 2.24) is 9.97 Å². The Labute approximate surface area is 116 Å². The van der Waals surface area contributed by atoms with Crippen LogP contribution in [0.4, 0.5) is 5.82 Å². The third-order valence-electron chi connectivity index (χ3n) is 2.32. The van der Waals surface area contributed by atoms with Crippen LogP contribution in [0.25, 0.3) is 0 Å². The van der Waals surface area contributed by atoms with E-state index in [0.717, 1.165) is 11.3 Å². The molecule has 6 heteroatoms. The molecule has 1 N–H and O–H groups in total. The molecule has 1 heterocycles. The second kappa shape index (κ2) is 6.15. The van der Waals surface area contributed by atoms with Crippen molar-refractivity contribution in [1.29, 1.82) is 0 Å². The third kappa shape index (κ3) is 3.93. The maximum absolute atomic E-state index is 5.82. The zero-order valence-electron chi connectivity index (χ0n) is 10.6. The van der Waals surface area contributed by atoms with Gasteiger partial charge in [-0.2, -0.15) is 5.10 Å². The predicted molar refractivity (Wildman–Crippen MR) is 76.0 cm³/mol. The van der Waals surface area contributed by atoms with Crippen molar-refractivity contribution >= 4 is 23.6 Å². The maximum atomic E-state index is 5.82. The first-order valence-corrected chi connectivity index (χ1v) is 5.99. The lowest BCUT2D eigenvalue weighted by molar-refractivity contribution is 0.415. The van der Waals surface area contributed by atoms with Gasteiger partial charge in [0.05, 0.1) is 13.3 Å². The highest BCUT2D eigenvalue weighted by Crippen LogP contribution is 2.12. The lowest BCUT2D eigenvalue weighted by atomic mass is 10.2. The second-order valence-corrected chi connectivity index (χ2v) is 4.15. The normalized spacial score (nSPS) is 10.7. The Bertz CT molecular complexity index is 563. The quantitative estimate of drug-likeness (QED) is 0.530. The van der Waals surface area contributed by atoms with Gasteiger partial charge in [-0.1, -0.05) is 11.6 Å². The van der Waals surface area contributed by atoms with Gasteiger partial charge in [0.25, 0.3) is 0 Å². The monoisotopic (exact) mass is 276 g/mol. The second-order valence-electron chi connectivity index (χ2n) is 3.77. The van der Waals surface area contributed by atoms with Crippen molar-refractivity contribution in [2.75, 3.05) is 12.5 Å². The molecular formula is C13H13ClN4O. The molecule has 98 valence electrons. The summed E-state index contributed by atoms with van der Waals surface area (Å²) in [6, 6.07) is 9.16. The number of nitrogens with one attached hydrogen (secondary N) is 1. The summed E-state index contributed by atoms with van der Waals surface area (Å²) in [5.41, 5.74) is 3.76. The Balaban J connectivity index is 2.02. The summed E-state index contributed by atoms with van der Waals surface area (Å²) in [6.45, 7) is 1.77. The van der Waals surface area contributed by atoms with Crippen molar-refractivity contribution in [3.63, 3.8) is 0 Å². The van der Waals surface area contributed by atoms with Crippen LogP contribution in [0.15, 0.2) is 35.4 Å². The van der Waals surface area contributed by atoms with Gasteiger partial charge in [-0.25, -0.2) is 9.97 Å². The molecule has 0 saturated heterocycles. The van der Waals surface area contributed by atoms with E-state index >= 15 is 0 Å². The molecule has 19 heavy (non-hydrogen) atoms. The van der Waals surface area contributed by atoms with E-state index in [-0.39, 0.29) is 0 Å². The molecule has 0 unspecified atom stereocenters. The molecule has 1 aromatic heterocycles. The Morgan fingerprint density at radius 3 is 2.63 bits per heavy atom. The highest BCUT2D eigenvalue weighted by Gasteiger charge is 1.97. The van der Waals surface area contributed by atoms with E-state index in [1.807, 2.05) is 24.3 Å². The van der Waals surface area contributed by atoms with Crippen LogP contribution in [0.2, 0.25) is 5.15 Å². The SMILES string of the molecule is COc1ccc(/C=N\Nc2cc(Cl)nc(C)n2)cc1. The molecule has 0 fully saturated rings. The van der Waals surface area contributed by atoms with E-state index in [1.165, 1.54) is 0 Å². The van der Waals surface area contributed by atoms with Crippen LogP contribution in [0.5, 0.6) is 5.75 Å². The van der Waals surface area contributed by atoms with Gasteiger partial charge in [0.2, 0.25) is 0 Å². The van der Waals surface area contributed by atoms with Gasteiger partial charge < -0.3 is 4.74 Å². The van der Waals surface area contributed by atoms with E-state index in [9.17, 15) is 0 Å². The Morgan fingerprint density at radius 1 is 1.26 bits per heavy atom. The molecule has 2 aromatic rings. The van der Waals surface area contributed by atoms with Crippen LogP contribution in [-0.2, 0) is 0 Å². The number of hydrazone groups is 1. The molecule has 5 nitrogen and oxygen atoms in total. The number of ether oxygens (including phenoxy) is 1. The third-order valence-corrected chi connectivity index (χ3v) is 2.51. The highest BCUT2D eigenvalue weighted by molar-refractivity contribution is 6.29. The number of aromatic nitrogens is 2. The summed E-state index contributed by atoms with van der Waals surface area (Å²) in [4.78, 5) is 8.12. The number of benzene rings is 1. The van der Waals surface area contributed by atoms with Crippen molar-refractivity contribution in [3.05, 3.63) is 46.9 Å². The van der Waals surface area contributed by atoms with Gasteiger partial charge in [-0.3, -0.25) is 5.43 Å². The molecule has 1 aromatic carbocycles. The minimum absolute atomic E-state index is 0.384. The van der Waals surface area contributed by atoms with E-state index < -0.39 is 0 Å². The molecule has 2 rings (SSSR count). The molecule has 0 amide bonds. The number of methoxy groups -OCH3 is 1. The van der Waals surface area contributed by atoms with Crippen LogP contribution in [0.1, 0.15) is 11.4 Å². The van der Waals surface area contributed by atoms with E-state index in [2.05, 4.69) is 20.5 Å². The van der Waals surface area contributed by atoms with Crippen LogP contribution >= 0.6 is 11.6 Å². The average molecular weight is 277 g/mol. The lowest BCUT2D eigenvalue weighted by Gasteiger charge is -2.01. The summed E-state index contributed by atoms with van der Waals surface area (Å²) < 4.78 is 5.08. The molecule has 0 spiro atoms. The molecule has 0 aliphatic carbocycles. The molecule has 0 aliphatic heterocycles. The van der Waals surface area contributed by atoms with Crippen LogP contribution in [0, 0.1) is 6.92 Å². The fraction of sp³-hybridized carbons (Fsp3) is 0.154. The number of hydrogen-bond acceptors (Lipinski definition) is 5. The first-order valence-electron chi connectivity index (χ1n) is 5.61. The van der Waals surface area contributed by atoms with E-state index in [4.69, 9.17) is 16.3 Å². The fourth-order valence-electron chi connectivity index (χ4n) is 1.45. The smallest absolute Gasteiger partial charge is 0.151 e. The van der Waals surface area contributed by atoms with Crippen LogP contribution < -0.4 is 10.2 Å². The summed E-state index contributed by atoms with van der Waals surface area (Å²) in [7, 11) is 1.63. The van der Waals surface area contributed by atoms with E-state index in [0.29, 0.717) is 16.8 Å². The number of anilines is 1. The molecule has 0 atom stereocenters. The van der Waals surface area contributed by atoms with Gasteiger partial charge >= 0.3 is 0 Å². The molecule has 0 aliphatic rings. The van der Waals surface area contributed by atoms with Crippen molar-refractivity contribution in [2.24, 2.45) is 5.10 Å². The Hall–Kier alpha value is -2.14. The highest BCUT2D eigenvalue weighted by atomic mass is 35.5. The topological polar surface area (TPSA) is 59.4 Å².